The Morgan fingerprint density at radius 1 is 1.00 bits per heavy atom. The summed E-state index contributed by atoms with van der Waals surface area (Å²) < 4.78 is 0. The Morgan fingerprint density at radius 3 is 2.52 bits per heavy atom. The molecule has 1 aromatic carbocycles. The summed E-state index contributed by atoms with van der Waals surface area (Å²) in [6, 6.07) is 16.6. The van der Waals surface area contributed by atoms with Crippen molar-refractivity contribution < 1.29 is 14.7 Å². The Bertz CT molecular complexity index is 969. The third kappa shape index (κ3) is 5.51. The molecule has 29 heavy (non-hydrogen) atoms. The quantitative estimate of drug-likeness (QED) is 0.542. The van der Waals surface area contributed by atoms with E-state index in [1.165, 1.54) is 18.2 Å². The van der Waals surface area contributed by atoms with Gasteiger partial charge < -0.3 is 10.0 Å². The summed E-state index contributed by atoms with van der Waals surface area (Å²) in [4.78, 5) is 28.9. The van der Waals surface area contributed by atoms with Crippen LogP contribution in [-0.4, -0.2) is 50.7 Å². The van der Waals surface area contributed by atoms with Crippen molar-refractivity contribution in [2.24, 2.45) is 0 Å². The monoisotopic (exact) mass is 392 g/mol. The number of aromatic nitrogens is 3. The van der Waals surface area contributed by atoms with Gasteiger partial charge in [-0.05, 0) is 37.5 Å². The minimum absolute atomic E-state index is 0.126. The van der Waals surface area contributed by atoms with E-state index in [1.807, 2.05) is 30.3 Å². The summed E-state index contributed by atoms with van der Waals surface area (Å²) in [7, 11) is 1.71. The van der Waals surface area contributed by atoms with Crippen LogP contribution >= 0.6 is 0 Å². The zero-order valence-corrected chi connectivity index (χ0v) is 16.3. The third-order valence-electron chi connectivity index (χ3n) is 4.67. The number of carboxylic acids is 1. The van der Waals surface area contributed by atoms with Gasteiger partial charge in [-0.15, -0.1) is 0 Å². The van der Waals surface area contributed by atoms with Crippen molar-refractivity contribution in [3.8, 4) is 11.3 Å². The van der Waals surface area contributed by atoms with Crippen LogP contribution in [0.3, 0.4) is 0 Å². The van der Waals surface area contributed by atoms with E-state index in [0.29, 0.717) is 6.54 Å². The second-order valence-corrected chi connectivity index (χ2v) is 6.90. The SMILES string of the molecule is CN(CCCCCc1cc(-c2ccccc2)n[nH]1)C(=O)c1cccc(C(=O)O)n1. The van der Waals surface area contributed by atoms with Crippen molar-refractivity contribution in [1.29, 1.82) is 0 Å². The Balaban J connectivity index is 1.41. The van der Waals surface area contributed by atoms with Crippen molar-refractivity contribution in [2.45, 2.75) is 25.7 Å². The van der Waals surface area contributed by atoms with Crippen LogP contribution in [0.25, 0.3) is 11.3 Å². The number of benzene rings is 1. The Morgan fingerprint density at radius 2 is 1.76 bits per heavy atom. The molecule has 0 aliphatic carbocycles. The number of carboxylic acid groups (broad SMARTS) is 1. The summed E-state index contributed by atoms with van der Waals surface area (Å²) in [6.07, 6.45) is 3.73. The Hall–Kier alpha value is -3.48. The van der Waals surface area contributed by atoms with E-state index in [-0.39, 0.29) is 17.3 Å². The van der Waals surface area contributed by atoms with E-state index >= 15 is 0 Å². The van der Waals surface area contributed by atoms with Crippen LogP contribution < -0.4 is 0 Å². The molecule has 3 rings (SSSR count). The van der Waals surface area contributed by atoms with Crippen LogP contribution in [0.5, 0.6) is 0 Å². The highest BCUT2D eigenvalue weighted by Gasteiger charge is 2.15. The molecule has 0 aliphatic rings. The number of aromatic carboxylic acids is 1. The lowest BCUT2D eigenvalue weighted by molar-refractivity contribution is 0.0690. The average Bonchev–Trinajstić information content (AvgIpc) is 3.22. The van der Waals surface area contributed by atoms with Crippen LogP contribution in [-0.2, 0) is 6.42 Å². The maximum Gasteiger partial charge on any atom is 0.354 e. The van der Waals surface area contributed by atoms with Crippen molar-refractivity contribution in [1.82, 2.24) is 20.1 Å². The number of pyridine rings is 1. The van der Waals surface area contributed by atoms with Gasteiger partial charge in [0.25, 0.3) is 5.91 Å². The predicted molar refractivity (Wildman–Crippen MR) is 110 cm³/mol. The second kappa shape index (κ2) is 9.64. The smallest absolute Gasteiger partial charge is 0.354 e. The van der Waals surface area contributed by atoms with Crippen LogP contribution in [0.2, 0.25) is 0 Å². The molecule has 1 amide bonds. The number of nitrogens with zero attached hydrogens (tertiary/aromatic N) is 3. The first-order chi connectivity index (χ1) is 14.0. The Labute approximate surface area is 169 Å². The largest absolute Gasteiger partial charge is 0.477 e. The van der Waals surface area contributed by atoms with Crippen molar-refractivity contribution in [3.05, 3.63) is 71.7 Å². The maximum absolute atomic E-state index is 12.4. The number of rotatable bonds is 9. The van der Waals surface area contributed by atoms with Crippen molar-refractivity contribution in [2.75, 3.05) is 13.6 Å². The molecule has 150 valence electrons. The second-order valence-electron chi connectivity index (χ2n) is 6.90. The summed E-state index contributed by atoms with van der Waals surface area (Å²) in [5, 5.41) is 16.4. The lowest BCUT2D eigenvalue weighted by atomic mass is 10.1. The van der Waals surface area contributed by atoms with E-state index < -0.39 is 5.97 Å². The topological polar surface area (TPSA) is 99.2 Å². The van der Waals surface area contributed by atoms with E-state index in [4.69, 9.17) is 5.11 Å². The highest BCUT2D eigenvalue weighted by molar-refractivity contribution is 5.94. The van der Waals surface area contributed by atoms with Crippen LogP contribution in [0, 0.1) is 0 Å². The standard InChI is InChI=1S/C22H24N4O3/c1-26(21(27)18-12-8-13-19(23-18)22(28)29)14-7-3-6-11-17-15-20(25-24-17)16-9-4-2-5-10-16/h2,4-5,8-10,12-13,15H,3,6-7,11,14H2,1H3,(H,24,25)(H,28,29). The molecule has 7 heteroatoms. The fourth-order valence-corrected chi connectivity index (χ4v) is 3.06. The molecule has 2 heterocycles. The highest BCUT2D eigenvalue weighted by atomic mass is 16.4. The molecule has 0 bridgehead atoms. The van der Waals surface area contributed by atoms with Gasteiger partial charge >= 0.3 is 5.97 Å². The minimum Gasteiger partial charge on any atom is -0.477 e. The average molecular weight is 392 g/mol. The highest BCUT2D eigenvalue weighted by Crippen LogP contribution is 2.18. The normalized spacial score (nSPS) is 10.7. The van der Waals surface area contributed by atoms with Gasteiger partial charge in [-0.25, -0.2) is 9.78 Å². The molecule has 0 saturated carbocycles. The molecular formula is C22H24N4O3. The van der Waals surface area contributed by atoms with Gasteiger partial charge in [-0.1, -0.05) is 42.8 Å². The molecule has 0 unspecified atom stereocenters. The van der Waals surface area contributed by atoms with Crippen LogP contribution in [0.4, 0.5) is 0 Å². The van der Waals surface area contributed by atoms with E-state index in [9.17, 15) is 9.59 Å². The lowest BCUT2D eigenvalue weighted by Crippen LogP contribution is -2.28. The van der Waals surface area contributed by atoms with Crippen molar-refractivity contribution >= 4 is 11.9 Å². The van der Waals surface area contributed by atoms with E-state index in [1.54, 1.807) is 11.9 Å². The number of hydrogen-bond acceptors (Lipinski definition) is 4. The molecule has 7 nitrogen and oxygen atoms in total. The molecule has 0 fully saturated rings. The molecule has 0 atom stereocenters. The maximum atomic E-state index is 12.4. The molecular weight excluding hydrogens is 368 g/mol. The van der Waals surface area contributed by atoms with Crippen LogP contribution in [0.1, 0.15) is 45.9 Å². The number of unbranched alkanes of at least 4 members (excludes halogenated alkanes) is 2. The minimum atomic E-state index is -1.14. The number of nitrogens with one attached hydrogen (secondary N) is 1. The molecule has 2 N–H and O–H groups in total. The third-order valence-corrected chi connectivity index (χ3v) is 4.67. The summed E-state index contributed by atoms with van der Waals surface area (Å²) in [6.45, 7) is 0.593. The zero-order valence-electron chi connectivity index (χ0n) is 16.3. The van der Waals surface area contributed by atoms with Gasteiger partial charge in [0, 0.05) is 24.8 Å². The van der Waals surface area contributed by atoms with E-state index in [2.05, 4.69) is 21.2 Å². The summed E-state index contributed by atoms with van der Waals surface area (Å²) >= 11 is 0. The number of aromatic amines is 1. The fourth-order valence-electron chi connectivity index (χ4n) is 3.06. The number of hydrogen-bond donors (Lipinski definition) is 2. The van der Waals surface area contributed by atoms with Gasteiger partial charge in [0.2, 0.25) is 0 Å². The van der Waals surface area contributed by atoms with Gasteiger partial charge in [-0.2, -0.15) is 5.10 Å². The van der Waals surface area contributed by atoms with Crippen molar-refractivity contribution in [3.63, 3.8) is 0 Å². The van der Waals surface area contributed by atoms with Gasteiger partial charge in [0.05, 0.1) is 5.69 Å². The number of aryl methyl sites for hydroxylation is 1. The first-order valence-corrected chi connectivity index (χ1v) is 9.60. The molecule has 3 aromatic rings. The first kappa shape index (κ1) is 20.3. The first-order valence-electron chi connectivity index (χ1n) is 9.60. The number of carbonyl (C=O) groups excluding carboxylic acids is 1. The van der Waals surface area contributed by atoms with E-state index in [0.717, 1.165) is 42.6 Å². The molecule has 2 aromatic heterocycles. The molecule has 0 radical (unpaired) electrons. The Kier molecular flexibility index (Phi) is 6.73. The summed E-state index contributed by atoms with van der Waals surface area (Å²) in [5.74, 6) is -1.41. The molecule has 0 spiro atoms. The fraction of sp³-hybridized carbons (Fsp3) is 0.273. The molecule has 0 aliphatic heterocycles. The number of carbonyl (C=O) groups is 2. The van der Waals surface area contributed by atoms with Gasteiger partial charge in [-0.3, -0.25) is 9.89 Å². The molecule has 0 saturated heterocycles. The summed E-state index contributed by atoms with van der Waals surface area (Å²) in [5.41, 5.74) is 3.16. The number of H-pyrrole nitrogens is 1. The van der Waals surface area contributed by atoms with Gasteiger partial charge in [0.15, 0.2) is 0 Å². The lowest BCUT2D eigenvalue weighted by Gasteiger charge is -2.16. The number of amides is 1. The predicted octanol–water partition coefficient (Wildman–Crippen LogP) is 3.65. The zero-order chi connectivity index (χ0) is 20.6. The van der Waals surface area contributed by atoms with Crippen LogP contribution in [0.15, 0.2) is 54.6 Å². The van der Waals surface area contributed by atoms with Gasteiger partial charge in [0.1, 0.15) is 11.4 Å².